The molecule has 102 valence electrons. The summed E-state index contributed by atoms with van der Waals surface area (Å²) >= 11 is 1.80. The number of thiophene rings is 1. The Kier molecular flexibility index (Phi) is 3.87. The van der Waals surface area contributed by atoms with Crippen molar-refractivity contribution in [2.45, 2.75) is 44.2 Å². The molecule has 3 heteroatoms. The lowest BCUT2D eigenvalue weighted by atomic mass is 9.85. The molecule has 0 unspecified atom stereocenters. The molecule has 0 radical (unpaired) electrons. The van der Waals surface area contributed by atoms with E-state index in [0.717, 1.165) is 25.9 Å². The fourth-order valence-corrected chi connectivity index (χ4v) is 3.95. The minimum Gasteiger partial charge on any atom is -0.389 e. The number of fused-ring (bicyclic) bond motifs is 1. The lowest BCUT2D eigenvalue weighted by Crippen LogP contribution is -2.41. The van der Waals surface area contributed by atoms with Gasteiger partial charge in [0, 0.05) is 17.8 Å². The van der Waals surface area contributed by atoms with Crippen LogP contribution in [0.2, 0.25) is 0 Å². The maximum Gasteiger partial charge on any atom is 0.0771 e. The van der Waals surface area contributed by atoms with Crippen LogP contribution in [-0.4, -0.2) is 17.3 Å². The van der Waals surface area contributed by atoms with E-state index in [-0.39, 0.29) is 0 Å². The first kappa shape index (κ1) is 13.1. The second kappa shape index (κ2) is 5.61. The number of aliphatic hydroxyl groups is 1. The Morgan fingerprint density at radius 1 is 1.16 bits per heavy atom. The van der Waals surface area contributed by atoms with Gasteiger partial charge in [0.1, 0.15) is 0 Å². The Morgan fingerprint density at radius 3 is 2.79 bits per heavy atom. The highest BCUT2D eigenvalue weighted by Crippen LogP contribution is 2.28. The van der Waals surface area contributed by atoms with Crippen molar-refractivity contribution in [3.8, 4) is 0 Å². The Hall–Kier alpha value is -0.900. The molecule has 1 saturated carbocycles. The fourth-order valence-electron chi connectivity index (χ4n) is 2.99. The maximum absolute atomic E-state index is 10.5. The molecule has 0 amide bonds. The van der Waals surface area contributed by atoms with Crippen molar-refractivity contribution in [1.82, 2.24) is 5.32 Å². The number of hydrogen-bond donors (Lipinski definition) is 2. The zero-order chi connectivity index (χ0) is 13.1. The Bertz CT molecular complexity index is 542. The summed E-state index contributed by atoms with van der Waals surface area (Å²) in [7, 11) is 0. The number of rotatable bonds is 4. The van der Waals surface area contributed by atoms with Gasteiger partial charge < -0.3 is 10.4 Å². The van der Waals surface area contributed by atoms with Gasteiger partial charge in [-0.1, -0.05) is 37.5 Å². The quantitative estimate of drug-likeness (QED) is 0.892. The molecule has 0 aliphatic heterocycles. The van der Waals surface area contributed by atoms with Gasteiger partial charge in [-0.05, 0) is 35.2 Å². The molecular formula is C16H21NOS. The van der Waals surface area contributed by atoms with Crippen molar-refractivity contribution >= 4 is 21.4 Å². The standard InChI is InChI=1S/C16H21NOS/c18-16(8-4-1-5-9-16)12-17-10-13-11-19-15-7-3-2-6-14(13)15/h2-3,6-7,11,17-18H,1,4-5,8-10,12H2. The average Bonchev–Trinajstić information content (AvgIpc) is 2.83. The third-order valence-electron chi connectivity index (χ3n) is 4.11. The van der Waals surface area contributed by atoms with E-state index in [0.29, 0.717) is 0 Å². The van der Waals surface area contributed by atoms with E-state index < -0.39 is 5.60 Å². The summed E-state index contributed by atoms with van der Waals surface area (Å²) in [5.41, 5.74) is 0.879. The van der Waals surface area contributed by atoms with Crippen molar-refractivity contribution in [2.24, 2.45) is 0 Å². The Labute approximate surface area is 118 Å². The van der Waals surface area contributed by atoms with Crippen LogP contribution in [-0.2, 0) is 6.54 Å². The third kappa shape index (κ3) is 2.99. The van der Waals surface area contributed by atoms with E-state index in [9.17, 15) is 5.11 Å². The van der Waals surface area contributed by atoms with Crippen LogP contribution in [0.5, 0.6) is 0 Å². The van der Waals surface area contributed by atoms with Crippen LogP contribution >= 0.6 is 11.3 Å². The zero-order valence-electron chi connectivity index (χ0n) is 11.2. The highest BCUT2D eigenvalue weighted by molar-refractivity contribution is 7.17. The van der Waals surface area contributed by atoms with Gasteiger partial charge in [0.15, 0.2) is 0 Å². The molecule has 1 fully saturated rings. The zero-order valence-corrected chi connectivity index (χ0v) is 12.0. The summed E-state index contributed by atoms with van der Waals surface area (Å²) in [5.74, 6) is 0. The van der Waals surface area contributed by atoms with E-state index >= 15 is 0 Å². The van der Waals surface area contributed by atoms with Crippen LogP contribution in [0, 0.1) is 0 Å². The van der Waals surface area contributed by atoms with E-state index in [4.69, 9.17) is 0 Å². The van der Waals surface area contributed by atoms with Crippen molar-refractivity contribution in [3.63, 3.8) is 0 Å². The molecule has 1 aliphatic rings. The Balaban J connectivity index is 1.60. The summed E-state index contributed by atoms with van der Waals surface area (Å²) in [6.45, 7) is 1.57. The van der Waals surface area contributed by atoms with Crippen LogP contribution in [0.4, 0.5) is 0 Å². The van der Waals surface area contributed by atoms with Crippen LogP contribution in [0.15, 0.2) is 29.6 Å². The number of benzene rings is 1. The van der Waals surface area contributed by atoms with Crippen LogP contribution in [0.1, 0.15) is 37.7 Å². The van der Waals surface area contributed by atoms with Gasteiger partial charge in [-0.25, -0.2) is 0 Å². The lowest BCUT2D eigenvalue weighted by molar-refractivity contribution is 0.00470. The molecule has 0 spiro atoms. The third-order valence-corrected chi connectivity index (χ3v) is 5.13. The molecule has 2 N–H and O–H groups in total. The molecule has 1 aromatic heterocycles. The number of hydrogen-bond acceptors (Lipinski definition) is 3. The van der Waals surface area contributed by atoms with Gasteiger partial charge in [0.05, 0.1) is 5.60 Å². The Morgan fingerprint density at radius 2 is 1.95 bits per heavy atom. The van der Waals surface area contributed by atoms with Crippen molar-refractivity contribution in [1.29, 1.82) is 0 Å². The summed E-state index contributed by atoms with van der Waals surface area (Å²) < 4.78 is 1.34. The van der Waals surface area contributed by atoms with Gasteiger partial charge in [-0.3, -0.25) is 0 Å². The first-order valence-electron chi connectivity index (χ1n) is 7.15. The van der Waals surface area contributed by atoms with Crippen molar-refractivity contribution in [2.75, 3.05) is 6.54 Å². The van der Waals surface area contributed by atoms with Crippen LogP contribution in [0.3, 0.4) is 0 Å². The molecule has 0 saturated heterocycles. The normalized spacial score (nSPS) is 18.8. The molecule has 19 heavy (non-hydrogen) atoms. The van der Waals surface area contributed by atoms with Gasteiger partial charge in [0.25, 0.3) is 0 Å². The molecule has 1 heterocycles. The predicted molar refractivity (Wildman–Crippen MR) is 81.6 cm³/mol. The monoisotopic (exact) mass is 275 g/mol. The SMILES string of the molecule is OC1(CNCc2csc3ccccc23)CCCCC1. The van der Waals surface area contributed by atoms with E-state index in [1.807, 2.05) is 0 Å². The number of nitrogens with one attached hydrogen (secondary N) is 1. The molecule has 1 aromatic carbocycles. The second-order valence-corrected chi connectivity index (χ2v) is 6.56. The van der Waals surface area contributed by atoms with Gasteiger partial charge in [-0.2, -0.15) is 0 Å². The average molecular weight is 275 g/mol. The summed E-state index contributed by atoms with van der Waals surface area (Å²) in [6.07, 6.45) is 5.51. The molecule has 1 aliphatic carbocycles. The molecule has 2 nitrogen and oxygen atoms in total. The summed E-state index contributed by atoms with van der Waals surface area (Å²) in [5, 5.41) is 17.5. The topological polar surface area (TPSA) is 32.3 Å². The van der Waals surface area contributed by atoms with Crippen molar-refractivity contribution < 1.29 is 5.11 Å². The van der Waals surface area contributed by atoms with Crippen LogP contribution in [0.25, 0.3) is 10.1 Å². The molecule has 3 rings (SSSR count). The van der Waals surface area contributed by atoms with Gasteiger partial charge in [0.2, 0.25) is 0 Å². The first-order chi connectivity index (χ1) is 9.27. The molecule has 0 bridgehead atoms. The second-order valence-electron chi connectivity index (χ2n) is 5.65. The fraction of sp³-hybridized carbons (Fsp3) is 0.500. The minimum absolute atomic E-state index is 0.468. The first-order valence-corrected chi connectivity index (χ1v) is 8.03. The lowest BCUT2D eigenvalue weighted by Gasteiger charge is -2.32. The van der Waals surface area contributed by atoms with E-state index in [1.165, 1.54) is 34.9 Å². The van der Waals surface area contributed by atoms with Gasteiger partial charge in [-0.15, -0.1) is 11.3 Å². The van der Waals surface area contributed by atoms with E-state index in [2.05, 4.69) is 35.0 Å². The highest BCUT2D eigenvalue weighted by atomic mass is 32.1. The highest BCUT2D eigenvalue weighted by Gasteiger charge is 2.28. The predicted octanol–water partition coefficient (Wildman–Crippen LogP) is 3.69. The molecular weight excluding hydrogens is 254 g/mol. The molecule has 0 atom stereocenters. The van der Waals surface area contributed by atoms with E-state index in [1.54, 1.807) is 11.3 Å². The van der Waals surface area contributed by atoms with Gasteiger partial charge >= 0.3 is 0 Å². The largest absolute Gasteiger partial charge is 0.389 e. The minimum atomic E-state index is -0.468. The summed E-state index contributed by atoms with van der Waals surface area (Å²) in [6, 6.07) is 8.52. The summed E-state index contributed by atoms with van der Waals surface area (Å²) in [4.78, 5) is 0. The van der Waals surface area contributed by atoms with Crippen LogP contribution < -0.4 is 5.32 Å². The maximum atomic E-state index is 10.5. The van der Waals surface area contributed by atoms with Crippen molar-refractivity contribution in [3.05, 3.63) is 35.2 Å². The smallest absolute Gasteiger partial charge is 0.0771 e. The molecule has 2 aromatic rings.